The Hall–Kier alpha value is -2.99. The molecule has 0 saturated heterocycles. The third kappa shape index (κ3) is 7.42. The van der Waals surface area contributed by atoms with Crippen LogP contribution in [0.2, 0.25) is 0 Å². The van der Waals surface area contributed by atoms with Gasteiger partial charge in [-0.05, 0) is 38.4 Å². The smallest absolute Gasteiger partial charge is 0.221 e. The molecule has 0 aliphatic carbocycles. The Bertz CT molecular complexity index is 817. The summed E-state index contributed by atoms with van der Waals surface area (Å²) < 4.78 is 1.94. The van der Waals surface area contributed by atoms with Crippen molar-refractivity contribution in [2.45, 2.75) is 20.8 Å². The Morgan fingerprint density at radius 2 is 1.85 bits per heavy atom. The molecule has 6 nitrogen and oxygen atoms in total. The van der Waals surface area contributed by atoms with Crippen molar-refractivity contribution in [2.75, 3.05) is 19.4 Å². The fourth-order valence-corrected chi connectivity index (χ4v) is 2.18. The summed E-state index contributed by atoms with van der Waals surface area (Å²) in [5.41, 5.74) is 3.22. The number of anilines is 1. The third-order valence-electron chi connectivity index (χ3n) is 3.14. The maximum absolute atomic E-state index is 11.1. The fraction of sp³-hybridized carbons (Fsp3) is 0.286. The molecule has 0 atom stereocenters. The molecule has 2 N–H and O–H groups in total. The van der Waals surface area contributed by atoms with Gasteiger partial charge in [0.15, 0.2) is 0 Å². The van der Waals surface area contributed by atoms with E-state index < -0.39 is 0 Å². The maximum Gasteiger partial charge on any atom is 0.221 e. The highest BCUT2D eigenvalue weighted by atomic mass is 16.1. The summed E-state index contributed by atoms with van der Waals surface area (Å²) in [6.07, 6.45) is 7.22. The molecular formula is C21H30N4O2. The van der Waals surface area contributed by atoms with Gasteiger partial charge in [0.1, 0.15) is 12.1 Å². The van der Waals surface area contributed by atoms with Gasteiger partial charge in [0.05, 0.1) is 11.0 Å². The number of fused-ring (bicyclic) bond motifs is 1. The molecule has 146 valence electrons. The molecule has 0 aliphatic heterocycles. The minimum Gasteiger partial charge on any atom is -0.327 e. The average molecular weight is 370 g/mol. The molecule has 2 rings (SSSR count). The van der Waals surface area contributed by atoms with E-state index in [0.717, 1.165) is 22.4 Å². The molecule has 0 aliphatic rings. The summed E-state index contributed by atoms with van der Waals surface area (Å²) in [7, 11) is 5.66. The predicted molar refractivity (Wildman–Crippen MR) is 115 cm³/mol. The number of imidazole rings is 1. The van der Waals surface area contributed by atoms with Gasteiger partial charge in [-0.15, -0.1) is 0 Å². The molecule has 2 aromatic rings. The Balaban J connectivity index is 0.00000123. The number of aryl methyl sites for hydroxylation is 1. The second kappa shape index (κ2) is 13.2. The topological polar surface area (TPSA) is 76.0 Å². The van der Waals surface area contributed by atoms with Crippen LogP contribution in [-0.2, 0) is 16.6 Å². The third-order valence-corrected chi connectivity index (χ3v) is 3.14. The Kier molecular flexibility index (Phi) is 11.8. The molecule has 27 heavy (non-hydrogen) atoms. The average Bonchev–Trinajstić information content (AvgIpc) is 2.97. The fourth-order valence-electron chi connectivity index (χ4n) is 2.18. The lowest BCUT2D eigenvalue weighted by Crippen LogP contribution is -2.05. The number of carbonyl (C=O) groups is 2. The molecule has 6 heteroatoms. The number of allylic oxidation sites excluding steroid dienone is 5. The zero-order valence-electron chi connectivity index (χ0n) is 17.0. The minimum absolute atomic E-state index is 0.124. The lowest BCUT2D eigenvalue weighted by Gasteiger charge is -2.03. The van der Waals surface area contributed by atoms with Gasteiger partial charge in [-0.3, -0.25) is 9.59 Å². The summed E-state index contributed by atoms with van der Waals surface area (Å²) in [6.45, 7) is 9.25. The van der Waals surface area contributed by atoms with Crippen molar-refractivity contribution in [3.05, 3.63) is 54.9 Å². The number of hydrogen-bond acceptors (Lipinski definition) is 4. The van der Waals surface area contributed by atoms with Gasteiger partial charge in [0.25, 0.3) is 0 Å². The van der Waals surface area contributed by atoms with Gasteiger partial charge in [-0.2, -0.15) is 0 Å². The van der Waals surface area contributed by atoms with E-state index >= 15 is 0 Å². The van der Waals surface area contributed by atoms with E-state index in [0.29, 0.717) is 12.0 Å². The van der Waals surface area contributed by atoms with Crippen LogP contribution in [0.4, 0.5) is 5.69 Å². The van der Waals surface area contributed by atoms with E-state index in [4.69, 9.17) is 0 Å². The van der Waals surface area contributed by atoms with Crippen LogP contribution in [0, 0.1) is 0 Å². The molecule has 0 saturated carbocycles. The van der Waals surface area contributed by atoms with Crippen LogP contribution >= 0.6 is 0 Å². The van der Waals surface area contributed by atoms with Crippen LogP contribution in [0.3, 0.4) is 0 Å². The number of nitrogens with zero attached hydrogens (tertiary/aromatic N) is 2. The van der Waals surface area contributed by atoms with Crippen LogP contribution in [0.5, 0.6) is 0 Å². The van der Waals surface area contributed by atoms with Crippen LogP contribution in [0.1, 0.15) is 26.6 Å². The SMILES string of the molecule is C=C/C(=C\C=C\C=O)c1nc2cc(NC(C)=O)ccc2n1C.CC.CNC. The van der Waals surface area contributed by atoms with E-state index in [2.05, 4.69) is 22.2 Å². The largest absolute Gasteiger partial charge is 0.327 e. The molecule has 1 aromatic heterocycles. The van der Waals surface area contributed by atoms with Crippen molar-refractivity contribution in [1.29, 1.82) is 0 Å². The van der Waals surface area contributed by atoms with Crippen LogP contribution in [0.25, 0.3) is 16.6 Å². The van der Waals surface area contributed by atoms with Gasteiger partial charge in [0, 0.05) is 25.2 Å². The Morgan fingerprint density at radius 1 is 1.22 bits per heavy atom. The molecule has 1 heterocycles. The van der Waals surface area contributed by atoms with Gasteiger partial charge in [-0.1, -0.05) is 38.7 Å². The molecule has 0 spiro atoms. The van der Waals surface area contributed by atoms with Crippen molar-refractivity contribution < 1.29 is 9.59 Å². The predicted octanol–water partition coefficient (Wildman–Crippen LogP) is 3.72. The van der Waals surface area contributed by atoms with Crippen LogP contribution in [0.15, 0.2) is 49.1 Å². The van der Waals surface area contributed by atoms with E-state index in [9.17, 15) is 9.59 Å². The second-order valence-corrected chi connectivity index (χ2v) is 5.23. The van der Waals surface area contributed by atoms with Crippen molar-refractivity contribution in [3.63, 3.8) is 0 Å². The molecule has 1 aromatic carbocycles. The Morgan fingerprint density at radius 3 is 2.37 bits per heavy atom. The zero-order chi connectivity index (χ0) is 20.8. The van der Waals surface area contributed by atoms with Crippen molar-refractivity contribution in [2.24, 2.45) is 7.05 Å². The van der Waals surface area contributed by atoms with E-state index in [1.165, 1.54) is 13.0 Å². The Labute approximate surface area is 161 Å². The molecule has 0 bridgehead atoms. The van der Waals surface area contributed by atoms with Crippen LogP contribution in [-0.4, -0.2) is 35.8 Å². The van der Waals surface area contributed by atoms with Gasteiger partial charge in [-0.25, -0.2) is 4.98 Å². The molecule has 1 amide bonds. The first-order valence-corrected chi connectivity index (χ1v) is 8.76. The number of hydrogen-bond donors (Lipinski definition) is 2. The summed E-state index contributed by atoms with van der Waals surface area (Å²) in [4.78, 5) is 26.1. The number of aromatic nitrogens is 2. The standard InChI is InChI=1S/C17H17N3O2.C2H7N.C2H6/c1-4-13(7-5-6-10-21)17-19-15-11-14(18-12(2)22)8-9-16(15)20(17)3;1-3-2;1-2/h4-11H,1H2,2-3H3,(H,18,22);3H,1-2H3;1-2H3/b6-5+,13-7+;;. The minimum atomic E-state index is -0.124. The number of nitrogens with one attached hydrogen (secondary N) is 2. The summed E-state index contributed by atoms with van der Waals surface area (Å²) in [6, 6.07) is 5.56. The number of carbonyl (C=O) groups excluding carboxylic acids is 2. The molecule has 0 fully saturated rings. The van der Waals surface area contributed by atoms with E-state index in [1.54, 1.807) is 18.2 Å². The first-order chi connectivity index (χ1) is 13.0. The lowest BCUT2D eigenvalue weighted by atomic mass is 10.2. The van der Waals surface area contributed by atoms with Crippen molar-refractivity contribution in [3.8, 4) is 0 Å². The van der Waals surface area contributed by atoms with Crippen LogP contribution < -0.4 is 10.6 Å². The maximum atomic E-state index is 11.1. The van der Waals surface area contributed by atoms with Gasteiger partial charge in [0.2, 0.25) is 5.91 Å². The monoisotopic (exact) mass is 370 g/mol. The second-order valence-electron chi connectivity index (χ2n) is 5.23. The van der Waals surface area contributed by atoms with Crippen molar-refractivity contribution in [1.82, 2.24) is 14.9 Å². The first-order valence-electron chi connectivity index (χ1n) is 8.76. The summed E-state index contributed by atoms with van der Waals surface area (Å²) in [5, 5.41) is 5.49. The highest BCUT2D eigenvalue weighted by Gasteiger charge is 2.10. The number of rotatable bonds is 5. The normalized spacial score (nSPS) is 10.5. The number of benzene rings is 1. The molecule has 0 unspecified atom stereocenters. The summed E-state index contributed by atoms with van der Waals surface area (Å²) in [5.74, 6) is 0.613. The van der Waals surface area contributed by atoms with Crippen molar-refractivity contribution >= 4 is 34.5 Å². The number of aldehydes is 1. The van der Waals surface area contributed by atoms with E-state index in [1.807, 2.05) is 57.8 Å². The number of amides is 1. The van der Waals surface area contributed by atoms with Gasteiger partial charge >= 0.3 is 0 Å². The van der Waals surface area contributed by atoms with E-state index in [-0.39, 0.29) is 5.91 Å². The molecule has 0 radical (unpaired) electrons. The molecular weight excluding hydrogens is 340 g/mol. The zero-order valence-corrected chi connectivity index (χ0v) is 17.0. The first kappa shape index (κ1) is 24.0. The lowest BCUT2D eigenvalue weighted by molar-refractivity contribution is -0.114. The van der Waals surface area contributed by atoms with Gasteiger partial charge < -0.3 is 15.2 Å². The summed E-state index contributed by atoms with van der Waals surface area (Å²) >= 11 is 0. The highest BCUT2D eigenvalue weighted by molar-refractivity contribution is 5.92. The quantitative estimate of drug-likeness (QED) is 0.478. The highest BCUT2D eigenvalue weighted by Crippen LogP contribution is 2.23.